The summed E-state index contributed by atoms with van der Waals surface area (Å²) in [6.45, 7) is 1.99. The maximum atomic E-state index is 12.7. The number of hydrogen-bond donors (Lipinski definition) is 1. The van der Waals surface area contributed by atoms with Gasteiger partial charge in [-0.05, 0) is 31.2 Å². The van der Waals surface area contributed by atoms with E-state index >= 15 is 0 Å². The highest BCUT2D eigenvalue weighted by Crippen LogP contribution is 2.23. The molecule has 0 fully saturated rings. The summed E-state index contributed by atoms with van der Waals surface area (Å²) in [6.07, 6.45) is 3.94. The zero-order chi connectivity index (χ0) is 18.1. The van der Waals surface area contributed by atoms with Crippen molar-refractivity contribution in [3.05, 3.63) is 69.3 Å². The van der Waals surface area contributed by atoms with Gasteiger partial charge in [-0.3, -0.25) is 10.2 Å². The molecule has 6 heteroatoms. The molecular weight excluding hydrogens is 357 g/mol. The lowest BCUT2D eigenvalue weighted by Gasteiger charge is -2.06. The van der Waals surface area contributed by atoms with Crippen LogP contribution in [0.4, 0.5) is 0 Å². The van der Waals surface area contributed by atoms with Gasteiger partial charge in [-0.2, -0.15) is 0 Å². The molecule has 3 rings (SSSR count). The van der Waals surface area contributed by atoms with E-state index in [2.05, 4.69) is 0 Å². The van der Waals surface area contributed by atoms with Crippen molar-refractivity contribution in [2.24, 2.45) is 7.05 Å². The quantitative estimate of drug-likeness (QED) is 0.663. The molecule has 0 spiro atoms. The minimum absolute atomic E-state index is 0.0385. The third-order valence-electron chi connectivity index (χ3n) is 4.12. The highest BCUT2D eigenvalue weighted by molar-refractivity contribution is 6.36. The molecule has 3 aromatic rings. The Kier molecular flexibility index (Phi) is 4.84. The third kappa shape index (κ3) is 3.15. The first-order valence-corrected chi connectivity index (χ1v) is 8.53. The molecule has 0 radical (unpaired) electrons. The molecule has 0 aliphatic carbocycles. The van der Waals surface area contributed by atoms with Crippen molar-refractivity contribution in [3.8, 4) is 0 Å². The maximum Gasteiger partial charge on any atom is 0.203 e. The minimum Gasteiger partial charge on any atom is -0.313 e. The summed E-state index contributed by atoms with van der Waals surface area (Å²) < 4.78 is 3.47. The Balaban J connectivity index is 2.11. The first-order chi connectivity index (χ1) is 11.9. The van der Waals surface area contributed by atoms with Crippen LogP contribution >= 0.6 is 23.2 Å². The van der Waals surface area contributed by atoms with Crippen molar-refractivity contribution in [3.63, 3.8) is 0 Å². The van der Waals surface area contributed by atoms with Gasteiger partial charge in [0.15, 0.2) is 5.78 Å². The largest absolute Gasteiger partial charge is 0.313 e. The van der Waals surface area contributed by atoms with Crippen LogP contribution in [0.3, 0.4) is 0 Å². The van der Waals surface area contributed by atoms with Gasteiger partial charge in [0.2, 0.25) is 5.62 Å². The fourth-order valence-electron chi connectivity index (χ4n) is 2.95. The maximum absolute atomic E-state index is 12.7. The van der Waals surface area contributed by atoms with Gasteiger partial charge in [0.05, 0.1) is 22.6 Å². The highest BCUT2D eigenvalue weighted by Gasteiger charge is 2.16. The predicted molar refractivity (Wildman–Crippen MR) is 102 cm³/mol. The second-order valence-electron chi connectivity index (χ2n) is 5.73. The number of Topliss-reactive ketones (excluding diaryl/α,β-unsaturated/α-hetero) is 1. The van der Waals surface area contributed by atoms with Crippen molar-refractivity contribution >= 4 is 46.1 Å². The van der Waals surface area contributed by atoms with Crippen LogP contribution in [0.25, 0.3) is 17.1 Å². The molecule has 1 heterocycles. The van der Waals surface area contributed by atoms with Gasteiger partial charge in [-0.25, -0.2) is 0 Å². The number of ketones is 1. The monoisotopic (exact) mass is 373 g/mol. The lowest BCUT2D eigenvalue weighted by atomic mass is 10.1. The molecule has 0 unspecified atom stereocenters. The van der Waals surface area contributed by atoms with Gasteiger partial charge in [-0.15, -0.1) is 0 Å². The number of nitrogens with zero attached hydrogens (tertiary/aromatic N) is 2. The molecule has 0 amide bonds. The number of carbonyl (C=O) groups is 1. The Hall–Kier alpha value is -2.30. The normalized spacial score (nSPS) is 11.5. The average molecular weight is 374 g/mol. The van der Waals surface area contributed by atoms with Gasteiger partial charge < -0.3 is 9.13 Å². The van der Waals surface area contributed by atoms with E-state index in [0.717, 1.165) is 16.6 Å². The Morgan fingerprint density at radius 1 is 1.24 bits per heavy atom. The molecule has 0 saturated carbocycles. The van der Waals surface area contributed by atoms with Crippen molar-refractivity contribution in [2.45, 2.75) is 13.5 Å². The number of aromatic nitrogens is 2. The number of imidazole rings is 1. The van der Waals surface area contributed by atoms with Crippen LogP contribution in [0, 0.1) is 5.41 Å². The Labute approximate surface area is 155 Å². The molecule has 4 nitrogen and oxygen atoms in total. The standard InChI is InChI=1S/C19H17Cl2N3O/c1-3-5-12-6-4-7-16-18(12)23(2)19(22)24(16)11-17(25)14-9-8-13(20)10-15(14)21/h3-10,22H,11H2,1-2H3. The number of allylic oxidation sites excluding steroid dienone is 1. The first-order valence-electron chi connectivity index (χ1n) is 7.77. The highest BCUT2D eigenvalue weighted by atomic mass is 35.5. The number of carbonyl (C=O) groups excluding carboxylic acids is 1. The minimum atomic E-state index is -0.163. The van der Waals surface area contributed by atoms with E-state index in [9.17, 15) is 4.79 Å². The van der Waals surface area contributed by atoms with E-state index in [1.165, 1.54) is 0 Å². The fraction of sp³-hybridized carbons (Fsp3) is 0.158. The molecule has 1 aromatic heterocycles. The molecule has 128 valence electrons. The number of aryl methyl sites for hydroxylation is 1. The SMILES string of the molecule is CC=Cc1cccc2c1n(C)c(=N)n2CC(=O)c1ccc(Cl)cc1Cl. The predicted octanol–water partition coefficient (Wildman–Crippen LogP) is 4.68. The molecule has 25 heavy (non-hydrogen) atoms. The molecule has 0 saturated heterocycles. The van der Waals surface area contributed by atoms with Gasteiger partial charge in [0, 0.05) is 23.2 Å². The Bertz CT molecular complexity index is 1060. The van der Waals surface area contributed by atoms with E-state index in [1.807, 2.05) is 44.3 Å². The van der Waals surface area contributed by atoms with Crippen molar-refractivity contribution < 1.29 is 4.79 Å². The molecule has 0 aliphatic heterocycles. The third-order valence-corrected chi connectivity index (χ3v) is 4.67. The number of halogens is 2. The Morgan fingerprint density at radius 2 is 2.00 bits per heavy atom. The molecule has 0 bridgehead atoms. The zero-order valence-electron chi connectivity index (χ0n) is 13.9. The lowest BCUT2D eigenvalue weighted by Crippen LogP contribution is -2.26. The van der Waals surface area contributed by atoms with Crippen molar-refractivity contribution in [2.75, 3.05) is 0 Å². The summed E-state index contributed by atoms with van der Waals surface area (Å²) in [7, 11) is 1.83. The summed E-state index contributed by atoms with van der Waals surface area (Å²) in [5.41, 5.74) is 3.42. The molecular formula is C19H17Cl2N3O. The van der Waals surface area contributed by atoms with Crippen LogP contribution in [0.5, 0.6) is 0 Å². The van der Waals surface area contributed by atoms with Crippen LogP contribution in [-0.4, -0.2) is 14.9 Å². The molecule has 1 N–H and O–H groups in total. The molecule has 0 aliphatic rings. The second-order valence-corrected chi connectivity index (χ2v) is 6.57. The number of benzene rings is 2. The van der Waals surface area contributed by atoms with E-state index in [4.69, 9.17) is 28.6 Å². The lowest BCUT2D eigenvalue weighted by molar-refractivity contribution is 0.0971. The van der Waals surface area contributed by atoms with E-state index in [-0.39, 0.29) is 17.9 Å². The topological polar surface area (TPSA) is 50.8 Å². The Morgan fingerprint density at radius 3 is 2.68 bits per heavy atom. The number of hydrogen-bond acceptors (Lipinski definition) is 2. The number of fused-ring (bicyclic) bond motifs is 1. The van der Waals surface area contributed by atoms with E-state index in [0.29, 0.717) is 15.6 Å². The van der Waals surface area contributed by atoms with E-state index < -0.39 is 0 Å². The number of nitrogens with one attached hydrogen (secondary N) is 1. The average Bonchev–Trinajstić information content (AvgIpc) is 2.81. The van der Waals surface area contributed by atoms with Gasteiger partial charge in [0.25, 0.3) is 0 Å². The van der Waals surface area contributed by atoms with Crippen molar-refractivity contribution in [1.82, 2.24) is 9.13 Å². The van der Waals surface area contributed by atoms with Crippen LogP contribution in [0.1, 0.15) is 22.8 Å². The summed E-state index contributed by atoms with van der Waals surface area (Å²) in [4.78, 5) is 12.7. The van der Waals surface area contributed by atoms with Gasteiger partial charge >= 0.3 is 0 Å². The second kappa shape index (κ2) is 6.90. The zero-order valence-corrected chi connectivity index (χ0v) is 15.4. The molecule has 0 atom stereocenters. The summed E-state index contributed by atoms with van der Waals surface area (Å²) in [6, 6.07) is 10.6. The van der Waals surface area contributed by atoms with Crippen molar-refractivity contribution in [1.29, 1.82) is 5.41 Å². The van der Waals surface area contributed by atoms with Crippen LogP contribution in [0.15, 0.2) is 42.5 Å². The smallest absolute Gasteiger partial charge is 0.203 e. The fourth-order valence-corrected chi connectivity index (χ4v) is 3.47. The van der Waals surface area contributed by atoms with Gasteiger partial charge in [-0.1, -0.05) is 47.5 Å². The summed E-state index contributed by atoms with van der Waals surface area (Å²) >= 11 is 12.0. The number of rotatable bonds is 4. The van der Waals surface area contributed by atoms with Crippen LogP contribution in [-0.2, 0) is 13.6 Å². The number of para-hydroxylation sites is 1. The molecule has 2 aromatic carbocycles. The van der Waals surface area contributed by atoms with Crippen LogP contribution in [0.2, 0.25) is 10.0 Å². The summed E-state index contributed by atoms with van der Waals surface area (Å²) in [5.74, 6) is -0.163. The van der Waals surface area contributed by atoms with Gasteiger partial charge in [0.1, 0.15) is 0 Å². The van der Waals surface area contributed by atoms with Crippen LogP contribution < -0.4 is 5.62 Å². The summed E-state index contributed by atoms with van der Waals surface area (Å²) in [5, 5.41) is 9.19. The van der Waals surface area contributed by atoms with E-state index in [1.54, 1.807) is 27.3 Å². The first kappa shape index (κ1) is 17.5.